The molecule has 90 valence electrons. The van der Waals surface area contributed by atoms with Gasteiger partial charge in [0.15, 0.2) is 0 Å². The van der Waals surface area contributed by atoms with Gasteiger partial charge in [-0.15, -0.1) is 0 Å². The number of nitrogens with zero attached hydrogens (tertiary/aromatic N) is 2. The Balaban J connectivity index is 2.18. The smallest absolute Gasteiger partial charge is 0.262 e. The van der Waals surface area contributed by atoms with Crippen LogP contribution in [-0.4, -0.2) is 16.8 Å². The summed E-state index contributed by atoms with van der Waals surface area (Å²) >= 11 is 0. The molecule has 4 nitrogen and oxygen atoms in total. The van der Waals surface area contributed by atoms with Gasteiger partial charge in [0.05, 0.1) is 4.92 Å². The molecular formula is C13H16N2O2. The van der Waals surface area contributed by atoms with E-state index in [2.05, 4.69) is 4.99 Å². The summed E-state index contributed by atoms with van der Waals surface area (Å²) in [6.07, 6.45) is 5.62. The summed E-state index contributed by atoms with van der Waals surface area (Å²) in [4.78, 5) is 15.2. The third-order valence-corrected chi connectivity index (χ3v) is 3.25. The van der Waals surface area contributed by atoms with Gasteiger partial charge in [0, 0.05) is 19.1 Å². The minimum atomic E-state index is -1.08. The van der Waals surface area contributed by atoms with Gasteiger partial charge >= 0.3 is 5.66 Å². The summed E-state index contributed by atoms with van der Waals surface area (Å²) in [5, 5.41) is 11.2. The van der Waals surface area contributed by atoms with E-state index >= 15 is 0 Å². The Hall–Kier alpha value is -1.71. The molecule has 0 spiro atoms. The zero-order valence-electron chi connectivity index (χ0n) is 9.71. The lowest BCUT2D eigenvalue weighted by molar-refractivity contribution is -0.572. The Kier molecular flexibility index (Phi) is 3.52. The first-order valence-electron chi connectivity index (χ1n) is 5.98. The molecule has 0 unspecified atom stereocenters. The van der Waals surface area contributed by atoms with Crippen LogP contribution in [0.4, 0.5) is 0 Å². The summed E-state index contributed by atoms with van der Waals surface area (Å²) in [7, 11) is 0. The van der Waals surface area contributed by atoms with Gasteiger partial charge in [0.1, 0.15) is 0 Å². The fourth-order valence-corrected chi connectivity index (χ4v) is 2.21. The molecule has 1 aromatic carbocycles. The first-order chi connectivity index (χ1) is 8.23. The van der Waals surface area contributed by atoms with Crippen molar-refractivity contribution in [1.82, 2.24) is 0 Å². The maximum Gasteiger partial charge on any atom is 0.312 e. The summed E-state index contributed by atoms with van der Waals surface area (Å²) in [5.41, 5.74) is -0.159. The van der Waals surface area contributed by atoms with Crippen LogP contribution >= 0.6 is 0 Å². The fraction of sp³-hybridized carbons (Fsp3) is 0.462. The van der Waals surface area contributed by atoms with Crippen molar-refractivity contribution in [2.75, 3.05) is 0 Å². The van der Waals surface area contributed by atoms with Crippen LogP contribution in [0.2, 0.25) is 0 Å². The van der Waals surface area contributed by atoms with Gasteiger partial charge in [-0.05, 0) is 18.4 Å². The monoisotopic (exact) mass is 232 g/mol. The van der Waals surface area contributed by atoms with Gasteiger partial charge in [0.25, 0.3) is 0 Å². The van der Waals surface area contributed by atoms with Crippen molar-refractivity contribution in [1.29, 1.82) is 0 Å². The summed E-state index contributed by atoms with van der Waals surface area (Å²) in [5.74, 6) is 0. The van der Waals surface area contributed by atoms with Crippen LogP contribution in [0, 0.1) is 10.1 Å². The van der Waals surface area contributed by atoms with Crippen LogP contribution in [-0.2, 0) is 0 Å². The van der Waals surface area contributed by atoms with Crippen molar-refractivity contribution in [3.63, 3.8) is 0 Å². The summed E-state index contributed by atoms with van der Waals surface area (Å²) < 4.78 is 0. The van der Waals surface area contributed by atoms with Crippen molar-refractivity contribution in [2.24, 2.45) is 4.99 Å². The SMILES string of the molecule is O=[N+]([O-])C1(N=Cc2ccccc2)CCCCC1. The van der Waals surface area contributed by atoms with Gasteiger partial charge in [-0.3, -0.25) is 10.1 Å². The molecule has 0 saturated heterocycles. The molecule has 1 aromatic rings. The van der Waals surface area contributed by atoms with Gasteiger partial charge in [-0.25, -0.2) is 4.99 Å². The maximum atomic E-state index is 11.2. The number of nitro groups is 1. The first kappa shape index (κ1) is 11.8. The standard InChI is InChI=1S/C13H16N2O2/c16-15(17)13(9-5-2-6-10-13)14-11-12-7-3-1-4-8-12/h1,3-4,7-8,11H,2,5-6,9-10H2. The molecule has 0 radical (unpaired) electrons. The Labute approximate surface area is 101 Å². The number of hydrogen-bond donors (Lipinski definition) is 0. The van der Waals surface area contributed by atoms with Crippen LogP contribution in [0.25, 0.3) is 0 Å². The molecule has 0 atom stereocenters. The minimum absolute atomic E-state index is 0.217. The molecule has 2 rings (SSSR count). The molecule has 0 amide bonds. The lowest BCUT2D eigenvalue weighted by Gasteiger charge is -2.24. The Morgan fingerprint density at radius 1 is 1.18 bits per heavy atom. The number of rotatable bonds is 3. The molecule has 0 bridgehead atoms. The molecular weight excluding hydrogens is 216 g/mol. The highest BCUT2D eigenvalue weighted by atomic mass is 16.6. The van der Waals surface area contributed by atoms with Crippen LogP contribution in [0.5, 0.6) is 0 Å². The van der Waals surface area contributed by atoms with Gasteiger partial charge < -0.3 is 0 Å². The van der Waals surface area contributed by atoms with E-state index in [-0.39, 0.29) is 4.92 Å². The van der Waals surface area contributed by atoms with Gasteiger partial charge in [-0.2, -0.15) is 0 Å². The third-order valence-electron chi connectivity index (χ3n) is 3.25. The Morgan fingerprint density at radius 2 is 1.82 bits per heavy atom. The van der Waals surface area contributed by atoms with E-state index in [1.165, 1.54) is 0 Å². The molecule has 0 aromatic heterocycles. The topological polar surface area (TPSA) is 55.5 Å². The normalized spacial score (nSPS) is 19.3. The third kappa shape index (κ3) is 2.70. The van der Waals surface area contributed by atoms with Crippen molar-refractivity contribution in [3.8, 4) is 0 Å². The largest absolute Gasteiger partial charge is 0.312 e. The van der Waals surface area contributed by atoms with Crippen molar-refractivity contribution in [3.05, 3.63) is 46.0 Å². The molecule has 0 heterocycles. The van der Waals surface area contributed by atoms with E-state index in [1.54, 1.807) is 6.21 Å². The molecule has 1 saturated carbocycles. The number of aliphatic imine (C=N–C) groups is 1. The highest BCUT2D eigenvalue weighted by molar-refractivity contribution is 5.79. The quantitative estimate of drug-likeness (QED) is 0.457. The van der Waals surface area contributed by atoms with E-state index in [0.29, 0.717) is 12.8 Å². The summed E-state index contributed by atoms with van der Waals surface area (Å²) in [6.45, 7) is 0. The van der Waals surface area contributed by atoms with Crippen molar-refractivity contribution < 1.29 is 4.92 Å². The lowest BCUT2D eigenvalue weighted by Crippen LogP contribution is -2.38. The Morgan fingerprint density at radius 3 is 2.41 bits per heavy atom. The Bertz CT molecular complexity index is 409. The van der Waals surface area contributed by atoms with Crippen LogP contribution in [0.1, 0.15) is 37.7 Å². The average Bonchev–Trinajstić information content (AvgIpc) is 2.38. The zero-order valence-corrected chi connectivity index (χ0v) is 9.71. The highest BCUT2D eigenvalue weighted by Crippen LogP contribution is 2.32. The molecule has 1 aliphatic carbocycles. The second-order valence-corrected chi connectivity index (χ2v) is 4.47. The molecule has 4 heteroatoms. The fourth-order valence-electron chi connectivity index (χ4n) is 2.21. The van der Waals surface area contributed by atoms with Crippen LogP contribution in [0.3, 0.4) is 0 Å². The zero-order chi connectivity index (χ0) is 12.1. The van der Waals surface area contributed by atoms with Crippen molar-refractivity contribution in [2.45, 2.75) is 37.8 Å². The van der Waals surface area contributed by atoms with E-state index < -0.39 is 5.66 Å². The van der Waals surface area contributed by atoms with Gasteiger partial charge in [-0.1, -0.05) is 36.8 Å². The van der Waals surface area contributed by atoms with E-state index in [9.17, 15) is 10.1 Å². The minimum Gasteiger partial charge on any atom is -0.262 e. The predicted octanol–water partition coefficient (Wildman–Crippen LogP) is 3.04. The predicted molar refractivity (Wildman–Crippen MR) is 66.8 cm³/mol. The number of hydrogen-bond acceptors (Lipinski definition) is 3. The molecule has 0 N–H and O–H groups in total. The van der Waals surface area contributed by atoms with Crippen LogP contribution in [0.15, 0.2) is 35.3 Å². The van der Waals surface area contributed by atoms with E-state index in [1.807, 2.05) is 30.3 Å². The second kappa shape index (κ2) is 5.08. The molecule has 0 aliphatic heterocycles. The van der Waals surface area contributed by atoms with Gasteiger partial charge in [0.2, 0.25) is 0 Å². The average molecular weight is 232 g/mol. The first-order valence-corrected chi connectivity index (χ1v) is 5.98. The molecule has 1 aliphatic rings. The molecule has 1 fully saturated rings. The molecule has 17 heavy (non-hydrogen) atoms. The lowest BCUT2D eigenvalue weighted by atomic mass is 9.90. The van der Waals surface area contributed by atoms with Crippen LogP contribution < -0.4 is 0 Å². The van der Waals surface area contributed by atoms with E-state index in [4.69, 9.17) is 0 Å². The maximum absolute atomic E-state index is 11.2. The van der Waals surface area contributed by atoms with Crippen molar-refractivity contribution >= 4 is 6.21 Å². The highest BCUT2D eigenvalue weighted by Gasteiger charge is 2.42. The van der Waals surface area contributed by atoms with E-state index in [0.717, 1.165) is 24.8 Å². The number of benzene rings is 1. The summed E-state index contributed by atoms with van der Waals surface area (Å²) in [6, 6.07) is 9.53. The second-order valence-electron chi connectivity index (χ2n) is 4.47.